The van der Waals surface area contributed by atoms with Crippen LogP contribution in [-0.2, 0) is 28.7 Å². The van der Waals surface area contributed by atoms with Crippen LogP contribution in [-0.4, -0.2) is 99.6 Å². The van der Waals surface area contributed by atoms with Crippen LogP contribution in [0.15, 0.2) is 55.6 Å². The third-order valence-corrected chi connectivity index (χ3v) is 11.3. The fraction of sp³-hybridized carbons (Fsp3) is 0.667. The second kappa shape index (κ2) is 17.1. The van der Waals surface area contributed by atoms with Gasteiger partial charge in [-0.15, -0.1) is 13.2 Å². The number of benzene rings is 1. The van der Waals surface area contributed by atoms with Crippen LogP contribution in [0.5, 0.6) is 0 Å². The molecule has 0 saturated carbocycles. The quantitative estimate of drug-likeness (QED) is 0.102. The number of aliphatic hydroxyl groups excluding tert-OH is 1. The van der Waals surface area contributed by atoms with Crippen molar-refractivity contribution in [3.63, 3.8) is 0 Å². The van der Waals surface area contributed by atoms with E-state index in [0.717, 1.165) is 24.8 Å². The molecule has 10 nitrogen and oxygen atoms in total. The summed E-state index contributed by atoms with van der Waals surface area (Å²) in [5.41, 5.74) is -1.06. The summed E-state index contributed by atoms with van der Waals surface area (Å²) >= 11 is 0. The summed E-state index contributed by atoms with van der Waals surface area (Å²) < 4.78 is 13.2. The van der Waals surface area contributed by atoms with Crippen molar-refractivity contribution in [1.29, 1.82) is 0 Å². The molecule has 3 heterocycles. The molecule has 3 saturated heterocycles. The molecule has 3 aliphatic rings. The van der Waals surface area contributed by atoms with Gasteiger partial charge >= 0.3 is 5.97 Å². The van der Waals surface area contributed by atoms with Gasteiger partial charge < -0.3 is 29.3 Å². The van der Waals surface area contributed by atoms with Crippen LogP contribution < -0.4 is 0 Å². The number of ether oxygens (including phenoxy) is 2. The monoisotopic (exact) mass is 721 g/mol. The first-order chi connectivity index (χ1) is 24.5. The van der Waals surface area contributed by atoms with Crippen LogP contribution in [0.2, 0.25) is 0 Å². The number of amides is 3. The first-order valence-corrected chi connectivity index (χ1v) is 19.2. The number of aliphatic hydroxyl groups is 1. The Balaban J connectivity index is 1.70. The van der Waals surface area contributed by atoms with Crippen LogP contribution in [0.25, 0.3) is 0 Å². The van der Waals surface area contributed by atoms with Gasteiger partial charge in [0.15, 0.2) is 0 Å². The Labute approximate surface area is 311 Å². The number of likely N-dealkylation sites (tertiary alicyclic amines) is 1. The first kappa shape index (κ1) is 41.3. The minimum atomic E-state index is -1.17. The Morgan fingerprint density at radius 2 is 1.75 bits per heavy atom. The molecule has 0 radical (unpaired) electrons. The Morgan fingerprint density at radius 3 is 2.37 bits per heavy atom. The zero-order chi connectivity index (χ0) is 38.4. The molecule has 3 fully saturated rings. The van der Waals surface area contributed by atoms with E-state index in [0.29, 0.717) is 45.2 Å². The van der Waals surface area contributed by atoms with Gasteiger partial charge in [-0.25, -0.2) is 0 Å². The number of unbranched alkanes of at least 4 members (excludes halogenated alkanes) is 3. The standard InChI is InChI=1S/C42H63N3O7/c1-10-12-22-32(47)43(9)29(3)35(30-20-16-15-17-21-30)51-39(50)33-31-23-24-42(52-31)34(33)37(48)44(26-18-13-14-19-27-46)36(42)38(49)45(25-11-2)41(7,8)28-40(4,5)6/h10-11,15-17,20-21,29,31,33-36,46H,1-2,12-14,18-19,22-28H2,3-9H3/t29-,31+,33-,34-,35+,36+,42-/m0/s1. The average Bonchev–Trinajstić information content (AvgIpc) is 3.73. The van der Waals surface area contributed by atoms with E-state index in [2.05, 4.69) is 47.8 Å². The maximum atomic E-state index is 15.0. The number of carbonyl (C=O) groups is 4. The molecule has 1 spiro atoms. The minimum absolute atomic E-state index is 0.0736. The van der Waals surface area contributed by atoms with Crippen molar-refractivity contribution < 1.29 is 33.8 Å². The van der Waals surface area contributed by atoms with Gasteiger partial charge in [0.25, 0.3) is 0 Å². The second-order valence-corrected chi connectivity index (χ2v) is 16.9. The van der Waals surface area contributed by atoms with Gasteiger partial charge in [-0.3, -0.25) is 19.2 Å². The van der Waals surface area contributed by atoms with Crippen molar-refractivity contribution in [2.45, 2.75) is 135 Å². The number of allylic oxidation sites excluding steroid dienone is 1. The molecular formula is C42H63N3O7. The Morgan fingerprint density at radius 1 is 1.08 bits per heavy atom. The minimum Gasteiger partial charge on any atom is -0.455 e. The lowest BCUT2D eigenvalue weighted by Crippen LogP contribution is -2.61. The summed E-state index contributed by atoms with van der Waals surface area (Å²) in [4.78, 5) is 62.5. The number of nitrogens with zero attached hydrogens (tertiary/aromatic N) is 3. The number of hydrogen-bond acceptors (Lipinski definition) is 7. The van der Waals surface area contributed by atoms with Crippen LogP contribution >= 0.6 is 0 Å². The van der Waals surface area contributed by atoms with Gasteiger partial charge in [0.2, 0.25) is 17.7 Å². The van der Waals surface area contributed by atoms with E-state index in [1.807, 2.05) is 42.2 Å². The third kappa shape index (κ3) is 8.65. The van der Waals surface area contributed by atoms with Crippen molar-refractivity contribution in [3.05, 3.63) is 61.2 Å². The van der Waals surface area contributed by atoms with E-state index in [-0.39, 0.29) is 36.2 Å². The molecule has 0 unspecified atom stereocenters. The van der Waals surface area contributed by atoms with E-state index < -0.39 is 53.2 Å². The number of likely N-dealkylation sites (N-methyl/N-ethyl adjacent to an activating group) is 1. The van der Waals surface area contributed by atoms with E-state index in [4.69, 9.17) is 9.47 Å². The van der Waals surface area contributed by atoms with Gasteiger partial charge in [0.05, 0.1) is 24.0 Å². The van der Waals surface area contributed by atoms with Crippen molar-refractivity contribution in [2.24, 2.45) is 17.3 Å². The van der Waals surface area contributed by atoms with Gasteiger partial charge in [-0.1, -0.05) is 76.1 Å². The summed E-state index contributed by atoms with van der Waals surface area (Å²) in [6.45, 7) is 20.9. The molecule has 10 heteroatoms. The number of hydrogen-bond donors (Lipinski definition) is 1. The number of carbonyl (C=O) groups excluding carboxylic acids is 4. The zero-order valence-corrected chi connectivity index (χ0v) is 32.6. The van der Waals surface area contributed by atoms with Crippen molar-refractivity contribution >= 4 is 23.7 Å². The van der Waals surface area contributed by atoms with Crippen LogP contribution in [0, 0.1) is 17.3 Å². The Kier molecular flexibility index (Phi) is 13.6. The van der Waals surface area contributed by atoms with E-state index in [9.17, 15) is 19.5 Å². The van der Waals surface area contributed by atoms with Gasteiger partial charge in [0.1, 0.15) is 17.7 Å². The molecule has 1 aromatic rings. The SMILES string of the molecule is C=CCCC(=O)N(C)[C@@H](C)[C@@H](OC(=O)[C@@H]1[C@H]2C(=O)N(CCCCCCO)[C@H](C(=O)N(CC=C)C(C)(C)CC(C)(C)C)[C@]23CC[C@H]1O3)c1ccccc1. The second-order valence-electron chi connectivity index (χ2n) is 16.9. The van der Waals surface area contributed by atoms with Crippen LogP contribution in [0.1, 0.15) is 111 Å². The molecule has 52 heavy (non-hydrogen) atoms. The normalized spacial score (nSPS) is 25.0. The van der Waals surface area contributed by atoms with E-state index in [1.54, 1.807) is 29.0 Å². The molecule has 7 atom stereocenters. The number of fused-ring (bicyclic) bond motifs is 1. The lowest BCUT2D eigenvalue weighted by Gasteiger charge is -2.45. The van der Waals surface area contributed by atoms with E-state index in [1.165, 1.54) is 0 Å². The molecule has 0 aromatic heterocycles. The maximum absolute atomic E-state index is 15.0. The highest BCUT2D eigenvalue weighted by atomic mass is 16.6. The topological polar surface area (TPSA) is 117 Å². The molecule has 4 rings (SSSR count). The predicted molar refractivity (Wildman–Crippen MR) is 202 cm³/mol. The summed E-state index contributed by atoms with van der Waals surface area (Å²) in [5, 5.41) is 9.32. The lowest BCUT2D eigenvalue weighted by atomic mass is 9.70. The van der Waals surface area contributed by atoms with E-state index >= 15 is 4.79 Å². The smallest absolute Gasteiger partial charge is 0.313 e. The summed E-state index contributed by atoms with van der Waals surface area (Å²) in [5.74, 6) is -2.85. The largest absolute Gasteiger partial charge is 0.455 e. The summed E-state index contributed by atoms with van der Waals surface area (Å²) in [6, 6.07) is 7.95. The molecule has 3 amide bonds. The fourth-order valence-corrected chi connectivity index (χ4v) is 9.12. The highest BCUT2D eigenvalue weighted by Gasteiger charge is 2.75. The summed E-state index contributed by atoms with van der Waals surface area (Å²) in [6.07, 6.45) is 7.55. The average molecular weight is 722 g/mol. The summed E-state index contributed by atoms with van der Waals surface area (Å²) in [7, 11) is 1.71. The molecular weight excluding hydrogens is 658 g/mol. The van der Waals surface area contributed by atoms with Gasteiger partial charge in [0, 0.05) is 38.7 Å². The van der Waals surface area contributed by atoms with Crippen molar-refractivity contribution in [2.75, 3.05) is 26.7 Å². The predicted octanol–water partition coefficient (Wildman–Crippen LogP) is 6.24. The Hall–Kier alpha value is -3.50. The third-order valence-electron chi connectivity index (χ3n) is 11.3. The first-order valence-electron chi connectivity index (χ1n) is 19.2. The van der Waals surface area contributed by atoms with Crippen LogP contribution in [0.3, 0.4) is 0 Å². The molecule has 2 bridgehead atoms. The molecule has 1 aromatic carbocycles. The van der Waals surface area contributed by atoms with Crippen LogP contribution in [0.4, 0.5) is 0 Å². The van der Waals surface area contributed by atoms with Gasteiger partial charge in [-0.05, 0) is 70.3 Å². The highest BCUT2D eigenvalue weighted by molar-refractivity contribution is 5.98. The maximum Gasteiger partial charge on any atom is 0.313 e. The van der Waals surface area contributed by atoms with Gasteiger partial charge in [-0.2, -0.15) is 0 Å². The fourth-order valence-electron chi connectivity index (χ4n) is 9.12. The number of rotatable bonds is 19. The van der Waals surface area contributed by atoms with Crippen molar-refractivity contribution in [1.82, 2.24) is 14.7 Å². The van der Waals surface area contributed by atoms with Crippen molar-refractivity contribution in [3.8, 4) is 0 Å². The zero-order valence-electron chi connectivity index (χ0n) is 32.6. The molecule has 1 N–H and O–H groups in total. The molecule has 0 aliphatic carbocycles. The highest BCUT2D eigenvalue weighted by Crippen LogP contribution is 2.59. The molecule has 3 aliphatic heterocycles. The Bertz CT molecular complexity index is 1440. The molecule has 288 valence electrons. The number of esters is 1. The lowest BCUT2D eigenvalue weighted by molar-refractivity contribution is -0.164.